The Hall–Kier alpha value is -1.57. The van der Waals surface area contributed by atoms with Crippen molar-refractivity contribution in [3.05, 3.63) is 40.7 Å². The number of sulfone groups is 1. The number of imidazole rings is 1. The van der Waals surface area contributed by atoms with Crippen LogP contribution in [0, 0.1) is 6.92 Å². The molecule has 6 nitrogen and oxygen atoms in total. The van der Waals surface area contributed by atoms with E-state index in [2.05, 4.69) is 34.7 Å². The first-order chi connectivity index (χ1) is 13.9. The molecule has 0 saturated carbocycles. The number of nitrogens with zero attached hydrogens (tertiary/aromatic N) is 4. The molecule has 8 heteroatoms. The first-order valence-corrected chi connectivity index (χ1v) is 12.4. The van der Waals surface area contributed by atoms with Crippen LogP contribution in [-0.4, -0.2) is 54.8 Å². The van der Waals surface area contributed by atoms with Gasteiger partial charge in [-0.25, -0.2) is 13.4 Å². The van der Waals surface area contributed by atoms with E-state index < -0.39 is 9.84 Å². The van der Waals surface area contributed by atoms with Gasteiger partial charge in [-0.05, 0) is 31.0 Å². The SMILES string of the molecule is CCCCn1c(CN2CCN(c3cc(Cl)ccc3C)CC2)cnc1S(=O)(=O)CC. The molecule has 1 aromatic heterocycles. The van der Waals surface area contributed by atoms with E-state index in [9.17, 15) is 8.42 Å². The number of rotatable bonds is 8. The largest absolute Gasteiger partial charge is 0.369 e. The molecule has 1 aliphatic heterocycles. The second-order valence-corrected chi connectivity index (χ2v) is 10.2. The Labute approximate surface area is 179 Å². The Balaban J connectivity index is 1.71. The molecule has 0 radical (unpaired) electrons. The van der Waals surface area contributed by atoms with Gasteiger partial charge in [-0.2, -0.15) is 0 Å². The first kappa shape index (κ1) is 22.1. The number of piperazine rings is 1. The molecule has 29 heavy (non-hydrogen) atoms. The van der Waals surface area contributed by atoms with Crippen molar-refractivity contribution in [3.63, 3.8) is 0 Å². The van der Waals surface area contributed by atoms with Crippen LogP contribution in [0.3, 0.4) is 0 Å². The second kappa shape index (κ2) is 9.49. The fourth-order valence-corrected chi connectivity index (χ4v) is 4.93. The Morgan fingerprint density at radius 1 is 1.14 bits per heavy atom. The lowest BCUT2D eigenvalue weighted by molar-refractivity contribution is 0.242. The van der Waals surface area contributed by atoms with Gasteiger partial charge >= 0.3 is 0 Å². The minimum atomic E-state index is -3.32. The second-order valence-electron chi connectivity index (χ2n) is 7.63. The zero-order valence-corrected chi connectivity index (χ0v) is 19.1. The molecule has 0 amide bonds. The van der Waals surface area contributed by atoms with Gasteiger partial charge in [-0.15, -0.1) is 0 Å². The molecule has 1 aromatic carbocycles. The number of halogens is 1. The van der Waals surface area contributed by atoms with Crippen LogP contribution in [0.2, 0.25) is 5.02 Å². The fraction of sp³-hybridized carbons (Fsp3) is 0.571. The van der Waals surface area contributed by atoms with Gasteiger partial charge in [0, 0.05) is 50.0 Å². The zero-order valence-electron chi connectivity index (χ0n) is 17.6. The van der Waals surface area contributed by atoms with E-state index in [0.717, 1.165) is 56.3 Å². The van der Waals surface area contributed by atoms with Gasteiger partial charge < -0.3 is 9.47 Å². The standard InChI is InChI=1S/C21H31ClN4O2S/c1-4-6-9-26-19(15-23-21(26)29(27,28)5-2)16-24-10-12-25(13-11-24)20-14-18(22)8-7-17(20)3/h7-8,14-15H,4-6,9-13,16H2,1-3H3. The first-order valence-electron chi connectivity index (χ1n) is 10.4. The van der Waals surface area contributed by atoms with Crippen LogP contribution in [0.25, 0.3) is 0 Å². The van der Waals surface area contributed by atoms with Crippen LogP contribution in [0.1, 0.15) is 37.9 Å². The van der Waals surface area contributed by atoms with Crippen molar-refractivity contribution in [3.8, 4) is 0 Å². The quantitative estimate of drug-likeness (QED) is 0.628. The lowest BCUT2D eigenvalue weighted by atomic mass is 10.1. The van der Waals surface area contributed by atoms with Crippen LogP contribution in [0.5, 0.6) is 0 Å². The van der Waals surface area contributed by atoms with Crippen LogP contribution in [0.15, 0.2) is 29.6 Å². The highest BCUT2D eigenvalue weighted by atomic mass is 35.5. The third kappa shape index (κ3) is 5.13. The molecule has 0 aliphatic carbocycles. The molecule has 2 heterocycles. The number of hydrogen-bond acceptors (Lipinski definition) is 5. The number of hydrogen-bond donors (Lipinski definition) is 0. The van der Waals surface area contributed by atoms with E-state index in [1.807, 2.05) is 16.7 Å². The van der Waals surface area contributed by atoms with Crippen molar-refractivity contribution < 1.29 is 8.42 Å². The highest BCUT2D eigenvalue weighted by molar-refractivity contribution is 7.91. The molecular formula is C21H31ClN4O2S. The fourth-order valence-electron chi connectivity index (χ4n) is 3.75. The van der Waals surface area contributed by atoms with Crippen molar-refractivity contribution >= 4 is 27.1 Å². The van der Waals surface area contributed by atoms with E-state index in [-0.39, 0.29) is 10.9 Å². The minimum absolute atomic E-state index is 0.0766. The van der Waals surface area contributed by atoms with E-state index >= 15 is 0 Å². The van der Waals surface area contributed by atoms with Gasteiger partial charge in [0.2, 0.25) is 15.0 Å². The summed E-state index contributed by atoms with van der Waals surface area (Å²) in [6, 6.07) is 6.02. The number of benzene rings is 1. The summed E-state index contributed by atoms with van der Waals surface area (Å²) in [5, 5.41) is 0.981. The van der Waals surface area contributed by atoms with Gasteiger partial charge in [-0.3, -0.25) is 4.90 Å². The summed E-state index contributed by atoms with van der Waals surface area (Å²) >= 11 is 6.19. The highest BCUT2D eigenvalue weighted by Gasteiger charge is 2.24. The van der Waals surface area contributed by atoms with Crippen molar-refractivity contribution in [1.82, 2.24) is 14.5 Å². The summed E-state index contributed by atoms with van der Waals surface area (Å²) in [5.41, 5.74) is 3.41. The highest BCUT2D eigenvalue weighted by Crippen LogP contribution is 2.26. The maximum atomic E-state index is 12.4. The predicted molar refractivity (Wildman–Crippen MR) is 119 cm³/mol. The summed E-state index contributed by atoms with van der Waals surface area (Å²) < 4.78 is 26.8. The van der Waals surface area contributed by atoms with Gasteiger partial charge in [0.1, 0.15) is 0 Å². The van der Waals surface area contributed by atoms with Crippen LogP contribution < -0.4 is 4.90 Å². The van der Waals surface area contributed by atoms with Gasteiger partial charge in [-0.1, -0.05) is 37.9 Å². The van der Waals surface area contributed by atoms with Crippen LogP contribution in [-0.2, 0) is 22.9 Å². The van der Waals surface area contributed by atoms with Gasteiger partial charge in [0.25, 0.3) is 0 Å². The summed E-state index contributed by atoms with van der Waals surface area (Å²) in [5.74, 6) is 0.0766. The topological polar surface area (TPSA) is 58.4 Å². The Morgan fingerprint density at radius 2 is 1.86 bits per heavy atom. The van der Waals surface area contributed by atoms with E-state index in [1.54, 1.807) is 13.1 Å². The molecule has 0 atom stereocenters. The van der Waals surface area contributed by atoms with E-state index in [1.165, 1.54) is 11.3 Å². The summed E-state index contributed by atoms with van der Waals surface area (Å²) in [6.07, 6.45) is 3.70. The third-order valence-electron chi connectivity index (χ3n) is 5.56. The molecule has 3 rings (SSSR count). The molecule has 2 aromatic rings. The van der Waals surface area contributed by atoms with Crippen molar-refractivity contribution in [1.29, 1.82) is 0 Å². The molecule has 1 saturated heterocycles. The van der Waals surface area contributed by atoms with Crippen molar-refractivity contribution in [2.45, 2.75) is 51.9 Å². The molecule has 160 valence electrons. The number of aryl methyl sites for hydroxylation is 1. The van der Waals surface area contributed by atoms with Crippen molar-refractivity contribution in [2.24, 2.45) is 0 Å². The lowest BCUT2D eigenvalue weighted by Crippen LogP contribution is -2.46. The monoisotopic (exact) mass is 438 g/mol. The Morgan fingerprint density at radius 3 is 2.52 bits per heavy atom. The van der Waals surface area contributed by atoms with Crippen LogP contribution >= 0.6 is 11.6 Å². The third-order valence-corrected chi connectivity index (χ3v) is 7.44. The Kier molecular flexibility index (Phi) is 7.24. The molecule has 1 fully saturated rings. The summed E-state index contributed by atoms with van der Waals surface area (Å²) in [6.45, 7) is 11.0. The van der Waals surface area contributed by atoms with E-state index in [0.29, 0.717) is 6.54 Å². The maximum absolute atomic E-state index is 12.4. The average Bonchev–Trinajstić information content (AvgIpc) is 3.12. The number of aromatic nitrogens is 2. The van der Waals surface area contributed by atoms with E-state index in [4.69, 9.17) is 11.6 Å². The van der Waals surface area contributed by atoms with Gasteiger partial charge in [0.05, 0.1) is 17.6 Å². The predicted octanol–water partition coefficient (Wildman–Crippen LogP) is 3.76. The summed E-state index contributed by atoms with van der Waals surface area (Å²) in [7, 11) is -3.32. The lowest BCUT2D eigenvalue weighted by Gasteiger charge is -2.37. The summed E-state index contributed by atoms with van der Waals surface area (Å²) in [4.78, 5) is 9.03. The smallest absolute Gasteiger partial charge is 0.227 e. The minimum Gasteiger partial charge on any atom is -0.369 e. The molecule has 0 bridgehead atoms. The average molecular weight is 439 g/mol. The number of unbranched alkanes of at least 4 members (excludes halogenated alkanes) is 1. The zero-order chi connectivity index (χ0) is 21.0. The van der Waals surface area contributed by atoms with Crippen molar-refractivity contribution in [2.75, 3.05) is 36.8 Å². The van der Waals surface area contributed by atoms with Gasteiger partial charge in [0.15, 0.2) is 0 Å². The molecule has 1 aliphatic rings. The molecule has 0 unspecified atom stereocenters. The molecule has 0 N–H and O–H groups in total. The number of anilines is 1. The normalized spacial score (nSPS) is 15.8. The molecular weight excluding hydrogens is 408 g/mol. The maximum Gasteiger partial charge on any atom is 0.227 e. The molecule has 0 spiro atoms. The Bertz CT molecular complexity index is 934. The van der Waals surface area contributed by atoms with Crippen LogP contribution in [0.4, 0.5) is 5.69 Å².